The van der Waals surface area contributed by atoms with E-state index < -0.39 is 14.4 Å². The Bertz CT molecular complexity index is 3000. The quantitative estimate of drug-likeness (QED) is 0.107. The van der Waals surface area contributed by atoms with Crippen molar-refractivity contribution >= 4 is 46.4 Å². The number of pyridine rings is 2. The van der Waals surface area contributed by atoms with Crippen LogP contribution in [0.1, 0.15) is 72.8 Å². The van der Waals surface area contributed by atoms with E-state index in [0.717, 1.165) is 60.8 Å². The monoisotopic (exact) mass is 997 g/mol. The molecule has 5 nitrogen and oxygen atoms in total. The van der Waals surface area contributed by atoms with Gasteiger partial charge in [-0.3, -0.25) is 4.98 Å². The summed E-state index contributed by atoms with van der Waals surface area (Å²) in [6.07, 6.45) is 2.29. The van der Waals surface area contributed by atoms with Crippen molar-refractivity contribution in [3.8, 4) is 39.5 Å². The van der Waals surface area contributed by atoms with Crippen LogP contribution >= 0.6 is 0 Å². The number of hydrogen-bond donors (Lipinski definition) is 0. The minimum atomic E-state index is -1.67. The summed E-state index contributed by atoms with van der Waals surface area (Å²) in [5.41, 5.74) is 12.9. The molecule has 0 fully saturated rings. The number of aromatic nitrogens is 4. The smallest absolute Gasteiger partial charge is 0.216 e. The number of imidazole rings is 1. The van der Waals surface area contributed by atoms with Crippen LogP contribution < -0.4 is 5.19 Å². The molecule has 9 rings (SSSR count). The van der Waals surface area contributed by atoms with Crippen molar-refractivity contribution in [1.29, 1.82) is 0 Å². The third-order valence-corrected chi connectivity index (χ3v) is 12.9. The zero-order valence-electron chi connectivity index (χ0n) is 38.5. The standard InChI is InChI=1S/C36H30N3O.C18H24NSi.Ir/c1-22(2)29-20-25(24-12-6-5-7-13-24)21-30(23(3)4)33(29)39-32-18-9-8-17-31(32)38-35(39)28-15-10-14-26-27-16-11-19-37-36(27)40-34(26)28;1-14(2)11-16-12-17(15-9-7-6-8-10-15)19-13-18(16)20(3,4)5;/h5-14,16-23H,1-4H3;6-9,12-14H,11H2,1-5H3;/q2*-1;/i;11D2;. The van der Waals surface area contributed by atoms with Crippen LogP contribution in [0, 0.1) is 18.1 Å². The van der Waals surface area contributed by atoms with E-state index in [4.69, 9.17) is 12.1 Å². The number of nitrogens with zero attached hydrogens (tertiary/aromatic N) is 4. The van der Waals surface area contributed by atoms with Crippen LogP contribution in [-0.4, -0.2) is 27.6 Å². The van der Waals surface area contributed by atoms with E-state index in [1.54, 1.807) is 6.20 Å². The van der Waals surface area contributed by atoms with Gasteiger partial charge in [-0.2, -0.15) is 0 Å². The molecule has 0 aliphatic rings. The molecule has 0 bridgehead atoms. The Balaban J connectivity index is 0.000000221. The maximum Gasteiger partial charge on any atom is 0.216 e. The molecule has 0 atom stereocenters. The second-order valence-corrected chi connectivity index (χ2v) is 22.5. The van der Waals surface area contributed by atoms with Gasteiger partial charge in [0.15, 0.2) is 0 Å². The van der Waals surface area contributed by atoms with Crippen molar-refractivity contribution in [2.75, 3.05) is 0 Å². The SMILES string of the molecule is CC(C)c1cc(-c2ccccc2)cc(C(C)C)c1-n1c(-c2[c-]ccc3c2oc2ncccc23)nc2ccccc21.[2H]C([2H])(c1cc(-c2[c-]cccc2)ncc1[Si](C)(C)C)C(C)C.[Ir]. The number of para-hydroxylation sites is 2. The van der Waals surface area contributed by atoms with Gasteiger partial charge in [0.1, 0.15) is 0 Å². The van der Waals surface area contributed by atoms with Crippen LogP contribution in [0.15, 0.2) is 138 Å². The van der Waals surface area contributed by atoms with Crippen LogP contribution in [0.25, 0.3) is 72.6 Å². The van der Waals surface area contributed by atoms with Crippen LogP contribution in [0.5, 0.6) is 0 Å². The molecule has 0 saturated heterocycles. The third-order valence-electron chi connectivity index (χ3n) is 10.9. The number of benzene rings is 5. The van der Waals surface area contributed by atoms with Crippen molar-refractivity contribution in [3.05, 3.63) is 163 Å². The van der Waals surface area contributed by atoms with E-state index in [2.05, 4.69) is 141 Å². The Hall–Kier alpha value is -5.46. The van der Waals surface area contributed by atoms with Crippen molar-refractivity contribution in [2.24, 2.45) is 5.92 Å². The molecule has 0 aliphatic carbocycles. The molecular weight excluding hydrogens is 941 g/mol. The van der Waals surface area contributed by atoms with E-state index in [-0.39, 0.29) is 26.0 Å². The summed E-state index contributed by atoms with van der Waals surface area (Å²) in [7, 11) is -1.67. The molecule has 311 valence electrons. The van der Waals surface area contributed by atoms with E-state index in [9.17, 15) is 0 Å². The Morgan fingerprint density at radius 2 is 1.43 bits per heavy atom. The second kappa shape index (κ2) is 18.3. The number of hydrogen-bond acceptors (Lipinski definition) is 4. The largest absolute Gasteiger partial charge is 0.486 e. The molecule has 61 heavy (non-hydrogen) atoms. The predicted molar refractivity (Wildman–Crippen MR) is 254 cm³/mol. The first kappa shape index (κ1) is 40.9. The summed E-state index contributed by atoms with van der Waals surface area (Å²) in [4.78, 5) is 14.3. The van der Waals surface area contributed by atoms with Crippen molar-refractivity contribution in [3.63, 3.8) is 0 Å². The summed E-state index contributed by atoms with van der Waals surface area (Å²) in [5.74, 6) is 1.32. The van der Waals surface area contributed by atoms with Gasteiger partial charge in [0, 0.05) is 46.3 Å². The van der Waals surface area contributed by atoms with Gasteiger partial charge in [0.25, 0.3) is 0 Å². The molecule has 5 aromatic carbocycles. The minimum Gasteiger partial charge on any atom is -0.486 e. The summed E-state index contributed by atoms with van der Waals surface area (Å²) in [6.45, 7) is 19.7. The van der Waals surface area contributed by atoms with Gasteiger partial charge in [-0.15, -0.1) is 54.1 Å². The third kappa shape index (κ3) is 8.97. The van der Waals surface area contributed by atoms with Gasteiger partial charge in [-0.25, -0.2) is 4.98 Å². The maximum atomic E-state index is 8.55. The summed E-state index contributed by atoms with van der Waals surface area (Å²) < 4.78 is 25.8. The van der Waals surface area contributed by atoms with Crippen LogP contribution in [0.3, 0.4) is 0 Å². The Morgan fingerprint density at radius 3 is 2.10 bits per heavy atom. The van der Waals surface area contributed by atoms with E-state index >= 15 is 0 Å². The van der Waals surface area contributed by atoms with Gasteiger partial charge in [-0.1, -0.05) is 126 Å². The molecule has 4 aromatic heterocycles. The Labute approximate surface area is 378 Å². The second-order valence-electron chi connectivity index (χ2n) is 17.4. The Morgan fingerprint density at radius 1 is 0.721 bits per heavy atom. The molecule has 0 saturated carbocycles. The molecular formula is C54H54IrN4OSi-2. The average Bonchev–Trinajstić information content (AvgIpc) is 3.85. The van der Waals surface area contributed by atoms with Gasteiger partial charge in [0.2, 0.25) is 5.71 Å². The van der Waals surface area contributed by atoms with E-state index in [0.29, 0.717) is 17.5 Å². The minimum absolute atomic E-state index is 0. The molecule has 4 heterocycles. The molecule has 0 N–H and O–H groups in total. The van der Waals surface area contributed by atoms with Gasteiger partial charge >= 0.3 is 0 Å². The first-order valence-electron chi connectivity index (χ1n) is 22.0. The summed E-state index contributed by atoms with van der Waals surface area (Å²) in [6, 6.07) is 48.1. The van der Waals surface area contributed by atoms with Gasteiger partial charge in [-0.05, 0) is 93.7 Å². The van der Waals surface area contributed by atoms with E-state index in [1.165, 1.54) is 27.9 Å². The molecule has 0 spiro atoms. The maximum absolute atomic E-state index is 8.55. The first-order chi connectivity index (χ1) is 29.6. The number of fused-ring (bicyclic) bond motifs is 4. The fourth-order valence-electron chi connectivity index (χ4n) is 7.96. The zero-order chi connectivity index (χ0) is 43.9. The van der Waals surface area contributed by atoms with Crippen molar-refractivity contribution in [1.82, 2.24) is 19.5 Å². The molecule has 7 heteroatoms. The molecule has 0 amide bonds. The zero-order valence-corrected chi connectivity index (χ0v) is 39.9. The number of rotatable bonds is 9. The van der Waals surface area contributed by atoms with Crippen LogP contribution in [0.4, 0.5) is 0 Å². The Kier molecular flexibility index (Phi) is 12.2. The molecule has 9 aromatic rings. The molecule has 0 aliphatic heterocycles. The predicted octanol–water partition coefficient (Wildman–Crippen LogP) is 14.0. The van der Waals surface area contributed by atoms with Crippen molar-refractivity contribution < 1.29 is 27.3 Å². The average molecular weight is 997 g/mol. The van der Waals surface area contributed by atoms with Gasteiger partial charge in [0.05, 0.1) is 30.5 Å². The molecule has 1 radical (unpaired) electrons. The van der Waals surface area contributed by atoms with E-state index in [1.807, 2.05) is 74.6 Å². The topological polar surface area (TPSA) is 56.7 Å². The fraction of sp³-hybridized carbons (Fsp3) is 0.241. The van der Waals surface area contributed by atoms with Gasteiger partial charge < -0.3 is 14.0 Å². The van der Waals surface area contributed by atoms with Crippen molar-refractivity contribution in [2.45, 2.75) is 79.4 Å². The summed E-state index contributed by atoms with van der Waals surface area (Å²) >= 11 is 0. The number of furan rings is 1. The summed E-state index contributed by atoms with van der Waals surface area (Å²) in [5, 5.41) is 3.11. The first-order valence-corrected chi connectivity index (χ1v) is 24.5. The normalized spacial score (nSPS) is 12.5. The van der Waals surface area contributed by atoms with Crippen LogP contribution in [-0.2, 0) is 26.5 Å². The van der Waals surface area contributed by atoms with Crippen LogP contribution in [0.2, 0.25) is 19.6 Å². The fourth-order valence-corrected chi connectivity index (χ4v) is 9.37. The molecule has 0 unspecified atom stereocenters.